The molecule has 0 atom stereocenters. The zero-order valence-corrected chi connectivity index (χ0v) is 16.2. The fourth-order valence-electron chi connectivity index (χ4n) is 2.52. The molecule has 0 unspecified atom stereocenters. The van der Waals surface area contributed by atoms with Gasteiger partial charge in [-0.3, -0.25) is 0 Å². The maximum absolute atomic E-state index is 13.2. The van der Waals surface area contributed by atoms with Crippen LogP contribution in [0.5, 0.6) is 0 Å². The molecule has 0 saturated heterocycles. The molecule has 0 radical (unpaired) electrons. The second kappa shape index (κ2) is 6.82. The van der Waals surface area contributed by atoms with Gasteiger partial charge in [0.15, 0.2) is 5.69 Å². The van der Waals surface area contributed by atoms with Crippen molar-refractivity contribution in [3.8, 4) is 0 Å². The van der Waals surface area contributed by atoms with Crippen molar-refractivity contribution in [1.82, 2.24) is 3.97 Å². The first kappa shape index (κ1) is 18.0. The van der Waals surface area contributed by atoms with Gasteiger partial charge < -0.3 is 4.74 Å². The predicted molar refractivity (Wildman–Crippen MR) is 99.6 cm³/mol. The molecule has 0 aliphatic carbocycles. The van der Waals surface area contributed by atoms with Crippen LogP contribution in [0.2, 0.25) is 5.02 Å². The number of fused-ring (bicyclic) bond motifs is 1. The van der Waals surface area contributed by atoms with Crippen LogP contribution in [0.3, 0.4) is 0 Å². The molecule has 8 heteroatoms. The molecule has 5 nitrogen and oxygen atoms in total. The van der Waals surface area contributed by atoms with Crippen LogP contribution in [-0.2, 0) is 14.8 Å². The average Bonchev–Trinajstić information content (AvgIpc) is 2.89. The van der Waals surface area contributed by atoms with Gasteiger partial charge in [-0.2, -0.15) is 0 Å². The minimum absolute atomic E-state index is 0.0694. The van der Waals surface area contributed by atoms with E-state index in [1.165, 1.54) is 12.1 Å². The lowest BCUT2D eigenvalue weighted by molar-refractivity contribution is 0.0517. The van der Waals surface area contributed by atoms with Crippen LogP contribution in [0.1, 0.15) is 17.4 Å². The Balaban J connectivity index is 2.40. The topological polar surface area (TPSA) is 65.4 Å². The fourth-order valence-corrected chi connectivity index (χ4v) is 5.00. The van der Waals surface area contributed by atoms with Crippen molar-refractivity contribution in [2.24, 2.45) is 0 Å². The molecule has 130 valence electrons. The highest BCUT2D eigenvalue weighted by atomic mass is 79.9. The number of halogens is 2. The summed E-state index contributed by atoms with van der Waals surface area (Å²) in [6.07, 6.45) is 0. The Morgan fingerprint density at radius 1 is 1.20 bits per heavy atom. The number of nitrogens with zero attached hydrogens (tertiary/aromatic N) is 1. The standard InChI is InChI=1S/C17H13BrClNO4S/c1-2-24-17(21)16-15(18)13-10-11(19)8-9-14(13)20(16)25(22,23)12-6-4-3-5-7-12/h3-10H,2H2,1H3. The van der Waals surface area contributed by atoms with E-state index in [1.54, 1.807) is 43.3 Å². The number of aromatic nitrogens is 1. The van der Waals surface area contributed by atoms with Crippen LogP contribution in [0.15, 0.2) is 57.9 Å². The summed E-state index contributed by atoms with van der Waals surface area (Å²) >= 11 is 9.36. The lowest BCUT2D eigenvalue weighted by Crippen LogP contribution is -2.20. The van der Waals surface area contributed by atoms with Crippen molar-refractivity contribution in [3.63, 3.8) is 0 Å². The van der Waals surface area contributed by atoms with Gasteiger partial charge in [-0.25, -0.2) is 17.2 Å². The summed E-state index contributed by atoms with van der Waals surface area (Å²) in [6, 6.07) is 12.6. The first-order valence-electron chi connectivity index (χ1n) is 7.35. The predicted octanol–water partition coefficient (Wildman–Crippen LogP) is 4.47. The first-order chi connectivity index (χ1) is 11.9. The number of ether oxygens (including phenoxy) is 1. The summed E-state index contributed by atoms with van der Waals surface area (Å²) < 4.78 is 32.7. The third-order valence-electron chi connectivity index (χ3n) is 3.58. The van der Waals surface area contributed by atoms with Gasteiger partial charge in [0, 0.05) is 10.4 Å². The zero-order valence-electron chi connectivity index (χ0n) is 13.1. The molecule has 0 N–H and O–H groups in total. The third-order valence-corrected chi connectivity index (χ3v) is 6.34. The summed E-state index contributed by atoms with van der Waals surface area (Å²) in [6.45, 7) is 1.78. The molecule has 25 heavy (non-hydrogen) atoms. The highest BCUT2D eigenvalue weighted by Gasteiger charge is 2.30. The van der Waals surface area contributed by atoms with E-state index in [1.807, 2.05) is 0 Å². The number of rotatable bonds is 4. The molecular weight excluding hydrogens is 430 g/mol. The Labute approximate surface area is 158 Å². The molecular formula is C17H13BrClNO4S. The largest absolute Gasteiger partial charge is 0.461 e. The van der Waals surface area contributed by atoms with E-state index in [9.17, 15) is 13.2 Å². The molecule has 0 aliphatic heterocycles. The third kappa shape index (κ3) is 3.07. The zero-order chi connectivity index (χ0) is 18.2. The summed E-state index contributed by atoms with van der Waals surface area (Å²) in [4.78, 5) is 12.5. The number of benzene rings is 2. The average molecular weight is 443 g/mol. The van der Waals surface area contributed by atoms with Gasteiger partial charge in [0.1, 0.15) is 0 Å². The molecule has 0 fully saturated rings. The molecule has 1 heterocycles. The van der Waals surface area contributed by atoms with Crippen LogP contribution in [0, 0.1) is 0 Å². The monoisotopic (exact) mass is 441 g/mol. The molecule has 3 rings (SSSR count). The van der Waals surface area contributed by atoms with E-state index < -0.39 is 16.0 Å². The minimum atomic E-state index is -4.01. The maximum atomic E-state index is 13.2. The van der Waals surface area contributed by atoms with Crippen molar-refractivity contribution in [2.45, 2.75) is 11.8 Å². The van der Waals surface area contributed by atoms with Crippen molar-refractivity contribution in [1.29, 1.82) is 0 Å². The van der Waals surface area contributed by atoms with E-state index in [2.05, 4.69) is 15.9 Å². The second-order valence-corrected chi connectivity index (χ2v) is 8.14. The lowest BCUT2D eigenvalue weighted by Gasteiger charge is -2.11. The van der Waals surface area contributed by atoms with E-state index in [4.69, 9.17) is 16.3 Å². The SMILES string of the molecule is CCOC(=O)c1c(Br)c2cc(Cl)ccc2n1S(=O)(=O)c1ccccc1. The molecule has 3 aromatic rings. The number of hydrogen-bond donors (Lipinski definition) is 0. The quantitative estimate of drug-likeness (QED) is 0.559. The van der Waals surface area contributed by atoms with Crippen molar-refractivity contribution >= 4 is 54.4 Å². The number of carbonyl (C=O) groups excluding carboxylic acids is 1. The highest BCUT2D eigenvalue weighted by Crippen LogP contribution is 2.36. The van der Waals surface area contributed by atoms with Gasteiger partial charge in [-0.1, -0.05) is 29.8 Å². The fraction of sp³-hybridized carbons (Fsp3) is 0.118. The van der Waals surface area contributed by atoms with Crippen LogP contribution < -0.4 is 0 Å². The van der Waals surface area contributed by atoms with Gasteiger partial charge >= 0.3 is 5.97 Å². The Morgan fingerprint density at radius 2 is 1.88 bits per heavy atom. The van der Waals surface area contributed by atoms with Crippen molar-refractivity contribution in [2.75, 3.05) is 6.61 Å². The molecule has 2 aromatic carbocycles. The van der Waals surface area contributed by atoms with E-state index in [0.29, 0.717) is 20.4 Å². The Hall–Kier alpha value is -1.83. The van der Waals surface area contributed by atoms with Crippen LogP contribution >= 0.6 is 27.5 Å². The Morgan fingerprint density at radius 3 is 2.52 bits per heavy atom. The van der Waals surface area contributed by atoms with Gasteiger partial charge in [0.2, 0.25) is 0 Å². The first-order valence-corrected chi connectivity index (χ1v) is 9.96. The molecule has 0 spiro atoms. The van der Waals surface area contributed by atoms with Gasteiger partial charge in [-0.05, 0) is 53.2 Å². The Kier molecular flexibility index (Phi) is 4.90. The molecule has 0 aliphatic rings. The normalized spacial score (nSPS) is 11.6. The van der Waals surface area contributed by atoms with Gasteiger partial charge in [0.05, 0.1) is 21.5 Å². The van der Waals surface area contributed by atoms with Crippen LogP contribution in [0.4, 0.5) is 0 Å². The second-order valence-electron chi connectivity index (χ2n) is 5.13. The van der Waals surface area contributed by atoms with Gasteiger partial charge in [-0.15, -0.1) is 0 Å². The number of carbonyl (C=O) groups is 1. The van der Waals surface area contributed by atoms with Crippen molar-refractivity contribution < 1.29 is 17.9 Å². The lowest BCUT2D eigenvalue weighted by atomic mass is 10.2. The van der Waals surface area contributed by atoms with Crippen molar-refractivity contribution in [3.05, 3.63) is 63.7 Å². The minimum Gasteiger partial charge on any atom is -0.461 e. The highest BCUT2D eigenvalue weighted by molar-refractivity contribution is 9.10. The molecule has 0 bridgehead atoms. The molecule has 0 amide bonds. The smallest absolute Gasteiger partial charge is 0.357 e. The molecule has 1 aromatic heterocycles. The summed E-state index contributed by atoms with van der Waals surface area (Å²) in [7, 11) is -4.01. The molecule has 0 saturated carbocycles. The summed E-state index contributed by atoms with van der Waals surface area (Å²) in [5, 5.41) is 0.938. The summed E-state index contributed by atoms with van der Waals surface area (Å²) in [5.41, 5.74) is 0.242. The summed E-state index contributed by atoms with van der Waals surface area (Å²) in [5.74, 6) is -0.735. The Bertz CT molecular complexity index is 1060. The van der Waals surface area contributed by atoms with E-state index >= 15 is 0 Å². The van der Waals surface area contributed by atoms with E-state index in [-0.39, 0.29) is 17.2 Å². The van der Waals surface area contributed by atoms with E-state index in [0.717, 1.165) is 3.97 Å². The van der Waals surface area contributed by atoms with Gasteiger partial charge in [0.25, 0.3) is 10.0 Å². The maximum Gasteiger partial charge on any atom is 0.357 e. The van der Waals surface area contributed by atoms with Crippen LogP contribution in [0.25, 0.3) is 10.9 Å². The number of hydrogen-bond acceptors (Lipinski definition) is 4. The number of esters is 1. The van der Waals surface area contributed by atoms with Crippen LogP contribution in [-0.4, -0.2) is 25.0 Å².